The molecule has 1 aliphatic carbocycles. The van der Waals surface area contributed by atoms with Gasteiger partial charge in [-0.15, -0.1) is 0 Å². The number of hydrogen-bond donors (Lipinski definition) is 1. The number of hydrogen-bond acceptors (Lipinski definition) is 3. The summed E-state index contributed by atoms with van der Waals surface area (Å²) in [4.78, 5) is 29.5. The highest BCUT2D eigenvalue weighted by Crippen LogP contribution is 2.41. The van der Waals surface area contributed by atoms with Gasteiger partial charge in [0, 0.05) is 37.6 Å². The lowest BCUT2D eigenvalue weighted by Gasteiger charge is -2.30. The first-order valence-electron chi connectivity index (χ1n) is 10.6. The summed E-state index contributed by atoms with van der Waals surface area (Å²) in [6.07, 6.45) is 6.69. The van der Waals surface area contributed by atoms with Gasteiger partial charge in [0.15, 0.2) is 0 Å². The summed E-state index contributed by atoms with van der Waals surface area (Å²) < 4.78 is 0. The molecule has 5 nitrogen and oxygen atoms in total. The third-order valence-electron chi connectivity index (χ3n) is 6.40. The van der Waals surface area contributed by atoms with Crippen LogP contribution in [0.5, 0.6) is 0 Å². The first-order chi connectivity index (χ1) is 13.1. The van der Waals surface area contributed by atoms with E-state index in [9.17, 15) is 9.59 Å². The second-order valence-electron chi connectivity index (χ2n) is 8.54. The Hall–Kier alpha value is -2.04. The van der Waals surface area contributed by atoms with Crippen molar-refractivity contribution in [3.63, 3.8) is 0 Å². The minimum absolute atomic E-state index is 0.00977. The second kappa shape index (κ2) is 7.91. The minimum Gasteiger partial charge on any atom is -0.372 e. The summed E-state index contributed by atoms with van der Waals surface area (Å²) in [6, 6.07) is 8.14. The molecular weight excluding hydrogens is 338 g/mol. The van der Waals surface area contributed by atoms with Gasteiger partial charge < -0.3 is 15.1 Å². The zero-order valence-electron chi connectivity index (χ0n) is 16.3. The third kappa shape index (κ3) is 4.28. The van der Waals surface area contributed by atoms with Gasteiger partial charge in [-0.1, -0.05) is 6.92 Å². The maximum atomic E-state index is 12.6. The van der Waals surface area contributed by atoms with Gasteiger partial charge in [0.1, 0.15) is 0 Å². The lowest BCUT2D eigenvalue weighted by molar-refractivity contribution is -0.135. The number of likely N-dealkylation sites (tertiary alicyclic amines) is 1. The van der Waals surface area contributed by atoms with Crippen molar-refractivity contribution in [3.05, 3.63) is 24.3 Å². The van der Waals surface area contributed by atoms with Crippen LogP contribution in [0, 0.1) is 17.8 Å². The fraction of sp³-hybridized carbons (Fsp3) is 0.636. The number of carbonyl (C=O) groups is 2. The number of amides is 2. The minimum atomic E-state index is -0.154. The van der Waals surface area contributed by atoms with Crippen molar-refractivity contribution in [1.82, 2.24) is 4.90 Å². The zero-order chi connectivity index (χ0) is 18.8. The van der Waals surface area contributed by atoms with E-state index >= 15 is 0 Å². The Morgan fingerprint density at radius 1 is 0.926 bits per heavy atom. The first-order valence-corrected chi connectivity index (χ1v) is 10.6. The molecule has 2 unspecified atom stereocenters. The van der Waals surface area contributed by atoms with Gasteiger partial charge in [-0.25, -0.2) is 0 Å². The number of carbonyl (C=O) groups excluding carboxylic acids is 2. The average Bonchev–Trinajstić information content (AvgIpc) is 3.50. The maximum Gasteiger partial charge on any atom is 0.228 e. The Balaban J connectivity index is 1.28. The Bertz CT molecular complexity index is 673. The molecule has 3 aliphatic rings. The summed E-state index contributed by atoms with van der Waals surface area (Å²) in [5.74, 6) is 0.622. The van der Waals surface area contributed by atoms with E-state index in [1.807, 2.05) is 17.0 Å². The summed E-state index contributed by atoms with van der Waals surface area (Å²) in [5, 5.41) is 3.00. The van der Waals surface area contributed by atoms with Gasteiger partial charge in [0.2, 0.25) is 11.8 Å². The third-order valence-corrected chi connectivity index (χ3v) is 6.40. The second-order valence-corrected chi connectivity index (χ2v) is 8.54. The molecule has 0 radical (unpaired) electrons. The maximum absolute atomic E-state index is 12.6. The molecule has 2 amide bonds. The van der Waals surface area contributed by atoms with Crippen molar-refractivity contribution in [1.29, 1.82) is 0 Å². The van der Waals surface area contributed by atoms with Gasteiger partial charge in [-0.3, -0.25) is 9.59 Å². The molecule has 2 aliphatic heterocycles. The molecule has 5 heteroatoms. The van der Waals surface area contributed by atoms with Crippen LogP contribution >= 0.6 is 0 Å². The molecular formula is C22H31N3O2. The van der Waals surface area contributed by atoms with Gasteiger partial charge in [-0.05, 0) is 68.7 Å². The zero-order valence-corrected chi connectivity index (χ0v) is 16.3. The molecule has 4 rings (SSSR count). The van der Waals surface area contributed by atoms with E-state index in [1.54, 1.807) is 0 Å². The molecule has 1 aromatic carbocycles. The van der Waals surface area contributed by atoms with Crippen molar-refractivity contribution in [2.45, 2.75) is 45.4 Å². The molecule has 27 heavy (non-hydrogen) atoms. The van der Waals surface area contributed by atoms with Crippen LogP contribution in [-0.2, 0) is 9.59 Å². The van der Waals surface area contributed by atoms with E-state index < -0.39 is 0 Å². The topological polar surface area (TPSA) is 52.7 Å². The summed E-state index contributed by atoms with van der Waals surface area (Å²) in [7, 11) is 0. The van der Waals surface area contributed by atoms with E-state index in [4.69, 9.17) is 0 Å². The van der Waals surface area contributed by atoms with Crippen LogP contribution in [0.2, 0.25) is 0 Å². The number of piperidine rings is 2. The molecule has 3 fully saturated rings. The Labute approximate surface area is 162 Å². The Morgan fingerprint density at radius 2 is 1.59 bits per heavy atom. The fourth-order valence-corrected chi connectivity index (χ4v) is 4.36. The van der Waals surface area contributed by atoms with Crippen LogP contribution < -0.4 is 10.2 Å². The predicted molar refractivity (Wildman–Crippen MR) is 108 cm³/mol. The van der Waals surface area contributed by atoms with E-state index in [0.717, 1.165) is 44.7 Å². The summed E-state index contributed by atoms with van der Waals surface area (Å²) >= 11 is 0. The van der Waals surface area contributed by atoms with Crippen molar-refractivity contribution in [3.8, 4) is 0 Å². The average molecular weight is 370 g/mol. The highest BCUT2D eigenvalue weighted by atomic mass is 16.2. The molecule has 0 aromatic heterocycles. The van der Waals surface area contributed by atoms with Crippen molar-refractivity contribution >= 4 is 23.2 Å². The van der Waals surface area contributed by atoms with Crippen LogP contribution in [0.15, 0.2) is 24.3 Å². The summed E-state index contributed by atoms with van der Waals surface area (Å²) in [5.41, 5.74) is 2.05. The van der Waals surface area contributed by atoms with Crippen molar-refractivity contribution in [2.24, 2.45) is 17.8 Å². The van der Waals surface area contributed by atoms with Crippen LogP contribution in [0.25, 0.3) is 0 Å². The molecule has 1 N–H and O–H groups in total. The van der Waals surface area contributed by atoms with E-state index in [-0.39, 0.29) is 23.7 Å². The molecule has 2 saturated heterocycles. The van der Waals surface area contributed by atoms with Crippen molar-refractivity contribution < 1.29 is 9.59 Å². The molecule has 0 spiro atoms. The lowest BCUT2D eigenvalue weighted by Crippen LogP contribution is -2.39. The number of anilines is 2. The molecule has 1 saturated carbocycles. The number of rotatable bonds is 4. The first kappa shape index (κ1) is 18.3. The number of nitrogens with zero attached hydrogens (tertiary/aromatic N) is 2. The highest BCUT2D eigenvalue weighted by molar-refractivity contribution is 5.99. The normalized spacial score (nSPS) is 26.0. The van der Waals surface area contributed by atoms with Gasteiger partial charge in [0.25, 0.3) is 0 Å². The molecule has 0 bridgehead atoms. The number of benzene rings is 1. The quantitative estimate of drug-likeness (QED) is 0.884. The molecule has 2 heterocycles. The van der Waals surface area contributed by atoms with Crippen LogP contribution in [0.3, 0.4) is 0 Å². The highest BCUT2D eigenvalue weighted by Gasteiger charge is 2.49. The van der Waals surface area contributed by atoms with E-state index in [0.29, 0.717) is 12.3 Å². The van der Waals surface area contributed by atoms with Gasteiger partial charge in [0.05, 0.1) is 11.8 Å². The monoisotopic (exact) mass is 369 g/mol. The lowest BCUT2D eigenvalue weighted by atomic mass is 9.99. The standard InChI is InChI=1S/C22H31N3O2/c1-16-9-13-25(14-10-16)22(27)20-15-19(20)21(26)23-17-5-7-18(8-6-17)24-11-3-2-4-12-24/h5-8,16,19-20H,2-4,9-15H2,1H3,(H,23,26). The molecule has 2 atom stereocenters. The SMILES string of the molecule is CC1CCN(C(=O)C2CC2C(=O)Nc2ccc(N3CCCCC3)cc2)CC1. The Morgan fingerprint density at radius 3 is 2.26 bits per heavy atom. The molecule has 1 aromatic rings. The fourth-order valence-electron chi connectivity index (χ4n) is 4.36. The van der Waals surface area contributed by atoms with E-state index in [1.165, 1.54) is 24.9 Å². The molecule has 146 valence electrons. The van der Waals surface area contributed by atoms with Crippen LogP contribution in [-0.4, -0.2) is 42.9 Å². The van der Waals surface area contributed by atoms with Crippen LogP contribution in [0.1, 0.15) is 45.4 Å². The van der Waals surface area contributed by atoms with E-state index in [2.05, 4.69) is 29.3 Å². The van der Waals surface area contributed by atoms with Crippen molar-refractivity contribution in [2.75, 3.05) is 36.4 Å². The summed E-state index contributed by atoms with van der Waals surface area (Å²) in [6.45, 7) is 6.18. The van der Waals surface area contributed by atoms with Gasteiger partial charge in [-0.2, -0.15) is 0 Å². The number of nitrogens with one attached hydrogen (secondary N) is 1. The van der Waals surface area contributed by atoms with Gasteiger partial charge >= 0.3 is 0 Å². The smallest absolute Gasteiger partial charge is 0.228 e. The predicted octanol–water partition coefficient (Wildman–Crippen LogP) is 3.51. The largest absolute Gasteiger partial charge is 0.372 e. The van der Waals surface area contributed by atoms with Crippen LogP contribution in [0.4, 0.5) is 11.4 Å². The Kier molecular flexibility index (Phi) is 5.37.